The SMILES string of the molecule is CC1C=CC(c2nc(NCc3ccc(F)cc3)n(C(=O)N3CCOCC3)n2)=CN1. The quantitative estimate of drug-likeness (QED) is 0.822. The average Bonchev–Trinajstić information content (AvgIpc) is 3.18. The lowest BCUT2D eigenvalue weighted by atomic mass is 10.1. The first-order chi connectivity index (χ1) is 14.1. The third-order valence-corrected chi connectivity index (χ3v) is 4.76. The Morgan fingerprint density at radius 3 is 2.76 bits per heavy atom. The molecule has 4 rings (SSSR count). The number of rotatable bonds is 4. The summed E-state index contributed by atoms with van der Waals surface area (Å²) in [6, 6.07) is 6.14. The molecule has 0 spiro atoms. The number of benzene rings is 1. The minimum atomic E-state index is -0.292. The fourth-order valence-electron chi connectivity index (χ4n) is 3.07. The summed E-state index contributed by atoms with van der Waals surface area (Å²) in [6.07, 6.45) is 5.78. The van der Waals surface area contributed by atoms with Crippen LogP contribution in [-0.4, -0.2) is 58.0 Å². The number of dihydropyridines is 1. The standard InChI is InChI=1S/C20H23FN6O2/c1-14-2-5-16(13-22-14)18-24-19(23-12-15-3-6-17(21)7-4-15)27(25-18)20(28)26-8-10-29-11-9-26/h2-7,13-14,22H,8-12H2,1H3,(H,23,24,25). The number of aromatic nitrogens is 3. The lowest BCUT2D eigenvalue weighted by molar-refractivity contribution is 0.0529. The minimum Gasteiger partial charge on any atom is -0.384 e. The van der Waals surface area contributed by atoms with Gasteiger partial charge in [-0.15, -0.1) is 9.78 Å². The van der Waals surface area contributed by atoms with Crippen molar-refractivity contribution in [1.82, 2.24) is 25.0 Å². The highest BCUT2D eigenvalue weighted by molar-refractivity contribution is 5.80. The van der Waals surface area contributed by atoms with Gasteiger partial charge < -0.3 is 20.3 Å². The van der Waals surface area contributed by atoms with E-state index in [0.717, 1.165) is 11.1 Å². The second-order valence-corrected chi connectivity index (χ2v) is 6.95. The van der Waals surface area contributed by atoms with Crippen molar-refractivity contribution >= 4 is 17.6 Å². The Labute approximate surface area is 168 Å². The first kappa shape index (κ1) is 19.1. The van der Waals surface area contributed by atoms with Gasteiger partial charge in [0.1, 0.15) is 5.82 Å². The van der Waals surface area contributed by atoms with Crippen LogP contribution in [-0.2, 0) is 11.3 Å². The van der Waals surface area contributed by atoms with Crippen LogP contribution in [0.3, 0.4) is 0 Å². The number of carbonyl (C=O) groups is 1. The Balaban J connectivity index is 1.59. The first-order valence-electron chi connectivity index (χ1n) is 9.57. The molecule has 1 fully saturated rings. The van der Waals surface area contributed by atoms with E-state index in [4.69, 9.17) is 4.74 Å². The predicted molar refractivity (Wildman–Crippen MR) is 107 cm³/mol. The summed E-state index contributed by atoms with van der Waals surface area (Å²) in [5.41, 5.74) is 1.66. The molecule has 2 aromatic rings. The molecule has 0 radical (unpaired) electrons. The number of hydrogen-bond acceptors (Lipinski definition) is 6. The molecule has 3 heterocycles. The molecular formula is C20H23FN6O2. The Hall–Kier alpha value is -3.20. The van der Waals surface area contributed by atoms with E-state index in [-0.39, 0.29) is 17.9 Å². The Morgan fingerprint density at radius 1 is 1.31 bits per heavy atom. The van der Waals surface area contributed by atoms with Crippen molar-refractivity contribution in [3.8, 4) is 0 Å². The number of nitrogens with zero attached hydrogens (tertiary/aromatic N) is 4. The zero-order chi connectivity index (χ0) is 20.2. The monoisotopic (exact) mass is 398 g/mol. The molecule has 1 aromatic carbocycles. The number of nitrogens with one attached hydrogen (secondary N) is 2. The van der Waals surface area contributed by atoms with Crippen molar-refractivity contribution < 1.29 is 13.9 Å². The summed E-state index contributed by atoms with van der Waals surface area (Å²) in [5.74, 6) is 0.497. The van der Waals surface area contributed by atoms with Crippen LogP contribution in [0.5, 0.6) is 0 Å². The van der Waals surface area contributed by atoms with E-state index in [9.17, 15) is 9.18 Å². The van der Waals surface area contributed by atoms with Gasteiger partial charge in [0, 0.05) is 37.4 Å². The Bertz CT molecular complexity index is 931. The highest BCUT2D eigenvalue weighted by Crippen LogP contribution is 2.19. The van der Waals surface area contributed by atoms with Gasteiger partial charge >= 0.3 is 6.03 Å². The van der Waals surface area contributed by atoms with E-state index in [2.05, 4.69) is 20.7 Å². The van der Waals surface area contributed by atoms with Crippen molar-refractivity contribution in [3.63, 3.8) is 0 Å². The number of amides is 1. The van der Waals surface area contributed by atoms with Gasteiger partial charge in [0.15, 0.2) is 5.82 Å². The largest absolute Gasteiger partial charge is 0.384 e. The summed E-state index contributed by atoms with van der Waals surface area (Å²) in [4.78, 5) is 19.2. The van der Waals surface area contributed by atoms with Crippen molar-refractivity contribution in [3.05, 3.63) is 59.8 Å². The van der Waals surface area contributed by atoms with Crippen LogP contribution in [0.1, 0.15) is 18.3 Å². The zero-order valence-corrected chi connectivity index (χ0v) is 16.1. The fraction of sp³-hybridized carbons (Fsp3) is 0.350. The van der Waals surface area contributed by atoms with E-state index in [1.54, 1.807) is 17.0 Å². The number of carbonyl (C=O) groups excluding carboxylic acids is 1. The third kappa shape index (κ3) is 4.45. The van der Waals surface area contributed by atoms with Crippen molar-refractivity contribution in [2.75, 3.05) is 31.6 Å². The number of morpholine rings is 1. The summed E-state index contributed by atoms with van der Waals surface area (Å²) in [6.45, 7) is 4.44. The Kier molecular flexibility index (Phi) is 5.57. The van der Waals surface area contributed by atoms with E-state index >= 15 is 0 Å². The lowest BCUT2D eigenvalue weighted by Crippen LogP contribution is -2.43. The maximum atomic E-state index is 13.1. The van der Waals surface area contributed by atoms with Gasteiger partial charge in [-0.2, -0.15) is 4.98 Å². The molecule has 1 amide bonds. The zero-order valence-electron chi connectivity index (χ0n) is 16.1. The van der Waals surface area contributed by atoms with Gasteiger partial charge in [-0.3, -0.25) is 0 Å². The molecule has 2 aliphatic rings. The molecule has 9 heteroatoms. The van der Waals surface area contributed by atoms with Gasteiger partial charge in [0.25, 0.3) is 0 Å². The summed E-state index contributed by atoms with van der Waals surface area (Å²) < 4.78 is 19.8. The van der Waals surface area contributed by atoms with Crippen LogP contribution >= 0.6 is 0 Å². The van der Waals surface area contributed by atoms with Crippen LogP contribution in [0.4, 0.5) is 15.1 Å². The maximum Gasteiger partial charge on any atom is 0.348 e. The molecular weight excluding hydrogens is 375 g/mol. The number of halogens is 1. The molecule has 2 N–H and O–H groups in total. The van der Waals surface area contributed by atoms with Crippen LogP contribution in [0, 0.1) is 5.82 Å². The van der Waals surface area contributed by atoms with Crippen LogP contribution in [0.15, 0.2) is 42.6 Å². The highest BCUT2D eigenvalue weighted by atomic mass is 19.1. The van der Waals surface area contributed by atoms with Crippen LogP contribution in [0.2, 0.25) is 0 Å². The minimum absolute atomic E-state index is 0.229. The van der Waals surface area contributed by atoms with Gasteiger partial charge in [0.2, 0.25) is 5.95 Å². The first-order valence-corrected chi connectivity index (χ1v) is 9.57. The molecule has 0 bridgehead atoms. The van der Waals surface area contributed by atoms with E-state index in [1.807, 2.05) is 25.3 Å². The number of ether oxygens (including phenoxy) is 1. The molecule has 152 valence electrons. The second kappa shape index (κ2) is 8.44. The molecule has 1 atom stereocenters. The number of allylic oxidation sites excluding steroid dienone is 2. The smallest absolute Gasteiger partial charge is 0.348 e. The number of anilines is 1. The fourth-order valence-corrected chi connectivity index (χ4v) is 3.07. The summed E-state index contributed by atoms with van der Waals surface area (Å²) in [7, 11) is 0. The molecule has 29 heavy (non-hydrogen) atoms. The summed E-state index contributed by atoms with van der Waals surface area (Å²) >= 11 is 0. The van der Waals surface area contributed by atoms with E-state index in [1.165, 1.54) is 16.8 Å². The lowest BCUT2D eigenvalue weighted by Gasteiger charge is -2.26. The topological polar surface area (TPSA) is 84.3 Å². The molecule has 1 saturated heterocycles. The van der Waals surface area contributed by atoms with Crippen molar-refractivity contribution in [2.24, 2.45) is 0 Å². The second-order valence-electron chi connectivity index (χ2n) is 6.95. The van der Waals surface area contributed by atoms with Crippen LogP contribution in [0.25, 0.3) is 5.57 Å². The van der Waals surface area contributed by atoms with Gasteiger partial charge in [0.05, 0.1) is 13.2 Å². The molecule has 8 nitrogen and oxygen atoms in total. The normalized spacial score (nSPS) is 18.9. The van der Waals surface area contributed by atoms with Gasteiger partial charge in [-0.25, -0.2) is 9.18 Å². The van der Waals surface area contributed by atoms with E-state index < -0.39 is 0 Å². The average molecular weight is 398 g/mol. The molecule has 0 saturated carbocycles. The van der Waals surface area contributed by atoms with Gasteiger partial charge in [-0.05, 0) is 24.6 Å². The van der Waals surface area contributed by atoms with Crippen LogP contribution < -0.4 is 10.6 Å². The van der Waals surface area contributed by atoms with E-state index in [0.29, 0.717) is 44.6 Å². The molecule has 1 aromatic heterocycles. The molecule has 2 aliphatic heterocycles. The maximum absolute atomic E-state index is 13.1. The number of hydrogen-bond donors (Lipinski definition) is 2. The van der Waals surface area contributed by atoms with Crippen molar-refractivity contribution in [2.45, 2.75) is 19.5 Å². The third-order valence-electron chi connectivity index (χ3n) is 4.76. The van der Waals surface area contributed by atoms with Gasteiger partial charge in [-0.1, -0.05) is 24.3 Å². The molecule has 0 aliphatic carbocycles. The van der Waals surface area contributed by atoms with Crippen molar-refractivity contribution in [1.29, 1.82) is 0 Å². The summed E-state index contributed by atoms with van der Waals surface area (Å²) in [5, 5.41) is 10.8. The highest BCUT2D eigenvalue weighted by Gasteiger charge is 2.24. The Morgan fingerprint density at radius 2 is 2.07 bits per heavy atom. The molecule has 1 unspecified atom stereocenters. The predicted octanol–water partition coefficient (Wildman–Crippen LogP) is 2.22.